The number of anilines is 1. The fraction of sp³-hybridized carbons (Fsp3) is 0.241. The van der Waals surface area contributed by atoms with Gasteiger partial charge < -0.3 is 19.3 Å². The van der Waals surface area contributed by atoms with Gasteiger partial charge in [0, 0.05) is 11.6 Å². The zero-order chi connectivity index (χ0) is 27.7. The van der Waals surface area contributed by atoms with Gasteiger partial charge >= 0.3 is 0 Å². The summed E-state index contributed by atoms with van der Waals surface area (Å²) in [6.07, 6.45) is 0. The molecule has 7 nitrogen and oxygen atoms in total. The van der Waals surface area contributed by atoms with Crippen molar-refractivity contribution in [1.29, 1.82) is 0 Å². The van der Waals surface area contributed by atoms with Gasteiger partial charge in [-0.3, -0.25) is 14.5 Å². The lowest BCUT2D eigenvalue weighted by molar-refractivity contribution is -0.132. The third kappa shape index (κ3) is 4.55. The van der Waals surface area contributed by atoms with E-state index in [-0.39, 0.29) is 5.57 Å². The number of hydrogen-bond acceptors (Lipinski definition) is 6. The number of methoxy groups -OCH3 is 2. The molecule has 1 saturated heterocycles. The van der Waals surface area contributed by atoms with Crippen LogP contribution in [0.4, 0.5) is 14.5 Å². The summed E-state index contributed by atoms with van der Waals surface area (Å²) >= 11 is 0. The number of ketones is 1. The molecule has 1 aliphatic heterocycles. The van der Waals surface area contributed by atoms with Crippen LogP contribution in [0.1, 0.15) is 35.2 Å². The van der Waals surface area contributed by atoms with E-state index < -0.39 is 40.8 Å². The SMILES string of the molecule is CCOc1cc(C2/C(=C(\O)c3cc(C)c(OC)cc3C)C(=O)C(=O)N2c2cc(F)ccc2F)ccc1OC. The predicted octanol–water partition coefficient (Wildman–Crippen LogP) is 5.62. The minimum Gasteiger partial charge on any atom is -0.507 e. The van der Waals surface area contributed by atoms with E-state index in [9.17, 15) is 23.5 Å². The summed E-state index contributed by atoms with van der Waals surface area (Å²) in [5, 5.41) is 11.5. The van der Waals surface area contributed by atoms with E-state index in [0.29, 0.717) is 46.1 Å². The van der Waals surface area contributed by atoms with Crippen LogP contribution in [0.5, 0.6) is 17.2 Å². The molecule has 0 aromatic heterocycles. The Morgan fingerprint density at radius 2 is 1.63 bits per heavy atom. The van der Waals surface area contributed by atoms with Crippen molar-refractivity contribution in [2.75, 3.05) is 25.7 Å². The van der Waals surface area contributed by atoms with Crippen molar-refractivity contribution in [3.05, 3.63) is 88.0 Å². The normalized spacial score (nSPS) is 16.6. The Morgan fingerprint density at radius 3 is 2.29 bits per heavy atom. The average Bonchev–Trinajstić information content (AvgIpc) is 3.16. The van der Waals surface area contributed by atoms with Gasteiger partial charge in [-0.15, -0.1) is 0 Å². The van der Waals surface area contributed by atoms with Crippen molar-refractivity contribution >= 4 is 23.1 Å². The van der Waals surface area contributed by atoms with E-state index >= 15 is 0 Å². The van der Waals surface area contributed by atoms with E-state index in [1.807, 2.05) is 0 Å². The molecule has 1 heterocycles. The van der Waals surface area contributed by atoms with Crippen LogP contribution in [0.2, 0.25) is 0 Å². The van der Waals surface area contributed by atoms with E-state index in [1.54, 1.807) is 51.1 Å². The fourth-order valence-electron chi connectivity index (χ4n) is 4.61. The number of aliphatic hydroxyl groups excluding tert-OH is 1. The molecule has 1 unspecified atom stereocenters. The third-order valence-corrected chi connectivity index (χ3v) is 6.41. The van der Waals surface area contributed by atoms with E-state index in [0.717, 1.165) is 23.1 Å². The largest absolute Gasteiger partial charge is 0.507 e. The lowest BCUT2D eigenvalue weighted by atomic mass is 9.92. The molecule has 3 aromatic rings. The highest BCUT2D eigenvalue weighted by molar-refractivity contribution is 6.51. The number of Topliss-reactive ketones (excluding diaryl/α,β-unsaturated/α-hetero) is 1. The van der Waals surface area contributed by atoms with Gasteiger partial charge in [0.25, 0.3) is 11.7 Å². The lowest BCUT2D eigenvalue weighted by Gasteiger charge is -2.26. The molecule has 1 fully saturated rings. The Morgan fingerprint density at radius 1 is 0.921 bits per heavy atom. The first-order chi connectivity index (χ1) is 18.1. The smallest absolute Gasteiger partial charge is 0.300 e. The molecular weight excluding hydrogens is 496 g/mol. The quantitative estimate of drug-likeness (QED) is 0.246. The lowest BCUT2D eigenvalue weighted by Crippen LogP contribution is -2.30. The summed E-state index contributed by atoms with van der Waals surface area (Å²) in [5.74, 6) is -3.03. The van der Waals surface area contributed by atoms with Crippen molar-refractivity contribution in [3.63, 3.8) is 0 Å². The number of carbonyl (C=O) groups is 2. The summed E-state index contributed by atoms with van der Waals surface area (Å²) in [6, 6.07) is 9.35. The van der Waals surface area contributed by atoms with Crippen molar-refractivity contribution in [2.45, 2.75) is 26.8 Å². The summed E-state index contributed by atoms with van der Waals surface area (Å²) in [5.41, 5.74) is 1.17. The molecule has 9 heteroatoms. The van der Waals surface area contributed by atoms with Gasteiger partial charge in [-0.25, -0.2) is 8.78 Å². The number of carbonyl (C=O) groups excluding carboxylic acids is 2. The number of nitrogens with zero attached hydrogens (tertiary/aromatic N) is 1. The number of hydrogen-bond donors (Lipinski definition) is 1. The standard InChI is InChI=1S/C29H27F2NO6/c1-6-38-24-13-17(7-10-22(24)36-4)26-25(27(33)19-11-16(3)23(37-5)12-15(19)2)28(34)29(35)32(26)21-14-18(30)8-9-20(21)31/h7-14,26,33H,6H2,1-5H3/b27-25+. The second-order valence-electron chi connectivity index (χ2n) is 8.74. The Bertz CT molecular complexity index is 1470. The number of benzene rings is 3. The molecular formula is C29H27F2NO6. The van der Waals surface area contributed by atoms with Gasteiger partial charge in [-0.1, -0.05) is 6.07 Å². The average molecular weight is 524 g/mol. The van der Waals surface area contributed by atoms with Crippen molar-refractivity contribution in [3.8, 4) is 17.2 Å². The topological polar surface area (TPSA) is 85.3 Å². The van der Waals surface area contributed by atoms with Crippen molar-refractivity contribution in [2.24, 2.45) is 0 Å². The summed E-state index contributed by atoms with van der Waals surface area (Å²) in [7, 11) is 2.97. The Hall–Kier alpha value is -4.40. The Kier molecular flexibility index (Phi) is 7.39. The molecule has 198 valence electrons. The molecule has 0 radical (unpaired) electrons. The number of amides is 1. The number of aliphatic hydroxyl groups is 1. The maximum absolute atomic E-state index is 15.0. The van der Waals surface area contributed by atoms with Gasteiger partial charge in [0.2, 0.25) is 0 Å². The molecule has 1 N–H and O–H groups in total. The highest BCUT2D eigenvalue weighted by Gasteiger charge is 2.48. The van der Waals surface area contributed by atoms with Crippen LogP contribution >= 0.6 is 0 Å². The maximum atomic E-state index is 15.0. The number of rotatable bonds is 7. The van der Waals surface area contributed by atoms with Crippen LogP contribution in [-0.2, 0) is 9.59 Å². The van der Waals surface area contributed by atoms with Gasteiger partial charge in [-0.2, -0.15) is 0 Å². The molecule has 4 rings (SSSR count). The second kappa shape index (κ2) is 10.5. The Balaban J connectivity index is 2.03. The van der Waals surface area contributed by atoms with Gasteiger partial charge in [0.1, 0.15) is 23.1 Å². The number of ether oxygens (including phenoxy) is 3. The number of halogens is 2. The van der Waals surface area contributed by atoms with Gasteiger partial charge in [0.05, 0.1) is 38.1 Å². The van der Waals surface area contributed by atoms with E-state index in [4.69, 9.17) is 14.2 Å². The van der Waals surface area contributed by atoms with Crippen molar-refractivity contribution in [1.82, 2.24) is 0 Å². The molecule has 1 aliphatic rings. The van der Waals surface area contributed by atoms with Crippen LogP contribution in [0.15, 0.2) is 54.1 Å². The van der Waals surface area contributed by atoms with Crippen LogP contribution in [-0.4, -0.2) is 37.6 Å². The highest BCUT2D eigenvalue weighted by atomic mass is 19.1. The van der Waals surface area contributed by atoms with Crippen LogP contribution < -0.4 is 19.1 Å². The van der Waals surface area contributed by atoms with Gasteiger partial charge in [0.15, 0.2) is 11.5 Å². The zero-order valence-corrected chi connectivity index (χ0v) is 21.6. The molecule has 0 aliphatic carbocycles. The van der Waals surface area contributed by atoms with E-state index in [2.05, 4.69) is 0 Å². The molecule has 38 heavy (non-hydrogen) atoms. The molecule has 0 bridgehead atoms. The minimum absolute atomic E-state index is 0.279. The zero-order valence-electron chi connectivity index (χ0n) is 21.6. The second-order valence-corrected chi connectivity index (χ2v) is 8.74. The first-order valence-electron chi connectivity index (χ1n) is 11.8. The fourth-order valence-corrected chi connectivity index (χ4v) is 4.61. The summed E-state index contributed by atoms with van der Waals surface area (Å²) < 4.78 is 45.5. The van der Waals surface area contributed by atoms with Crippen molar-refractivity contribution < 1.29 is 37.7 Å². The molecule has 1 atom stereocenters. The van der Waals surface area contributed by atoms with E-state index in [1.165, 1.54) is 14.2 Å². The summed E-state index contributed by atoms with van der Waals surface area (Å²) in [6.45, 7) is 5.55. The summed E-state index contributed by atoms with van der Waals surface area (Å²) in [4.78, 5) is 27.6. The Labute approximate surface area is 218 Å². The minimum atomic E-state index is -1.29. The first kappa shape index (κ1) is 26.7. The van der Waals surface area contributed by atoms with Crippen LogP contribution in [0.25, 0.3) is 5.76 Å². The molecule has 1 amide bonds. The molecule has 0 saturated carbocycles. The van der Waals surface area contributed by atoms with Crippen LogP contribution in [0.3, 0.4) is 0 Å². The molecule has 3 aromatic carbocycles. The maximum Gasteiger partial charge on any atom is 0.300 e. The van der Waals surface area contributed by atoms with Crippen LogP contribution in [0, 0.1) is 25.5 Å². The number of aryl methyl sites for hydroxylation is 2. The van der Waals surface area contributed by atoms with Gasteiger partial charge in [-0.05, 0) is 73.9 Å². The predicted molar refractivity (Wildman–Crippen MR) is 138 cm³/mol. The monoisotopic (exact) mass is 523 g/mol. The highest BCUT2D eigenvalue weighted by Crippen LogP contribution is 2.45. The third-order valence-electron chi connectivity index (χ3n) is 6.41. The first-order valence-corrected chi connectivity index (χ1v) is 11.8. The molecule has 0 spiro atoms.